The molecule has 1 fully saturated rings. The molecule has 0 spiro atoms. The minimum Gasteiger partial charge on any atom is -0.382 e. The van der Waals surface area contributed by atoms with Gasteiger partial charge in [-0.3, -0.25) is 0 Å². The van der Waals surface area contributed by atoms with Gasteiger partial charge in [0, 0.05) is 5.02 Å². The van der Waals surface area contributed by atoms with Gasteiger partial charge >= 0.3 is 0 Å². The highest BCUT2D eigenvalue weighted by Gasteiger charge is 2.52. The van der Waals surface area contributed by atoms with Crippen molar-refractivity contribution in [2.24, 2.45) is 5.41 Å². The summed E-state index contributed by atoms with van der Waals surface area (Å²) in [6, 6.07) is 7.15. The van der Waals surface area contributed by atoms with Crippen LogP contribution in [0, 0.1) is 5.41 Å². The maximum Gasteiger partial charge on any atom is 0.165 e. The topological polar surface area (TPSA) is 69.4 Å². The molecule has 7 heteroatoms. The first-order chi connectivity index (χ1) is 10.9. The average molecular weight is 338 g/mol. The van der Waals surface area contributed by atoms with Gasteiger partial charge in [-0.05, 0) is 17.7 Å². The van der Waals surface area contributed by atoms with E-state index in [1.165, 1.54) is 6.33 Å². The minimum absolute atomic E-state index is 0.227. The van der Waals surface area contributed by atoms with Gasteiger partial charge in [-0.25, -0.2) is 9.67 Å². The molecule has 1 N–H and O–H groups in total. The third-order valence-electron chi connectivity index (χ3n) is 4.46. The number of ether oxygens (including phenoxy) is 2. The van der Waals surface area contributed by atoms with Crippen molar-refractivity contribution < 1.29 is 14.6 Å². The summed E-state index contributed by atoms with van der Waals surface area (Å²) in [7, 11) is 0. The molecule has 2 aromatic rings. The van der Waals surface area contributed by atoms with E-state index in [2.05, 4.69) is 10.1 Å². The van der Waals surface area contributed by atoms with Crippen molar-refractivity contribution >= 4 is 11.6 Å². The van der Waals surface area contributed by atoms with Crippen LogP contribution in [-0.2, 0) is 21.6 Å². The van der Waals surface area contributed by atoms with Crippen molar-refractivity contribution in [1.82, 2.24) is 14.8 Å². The monoisotopic (exact) mass is 337 g/mol. The van der Waals surface area contributed by atoms with Crippen LogP contribution in [0.15, 0.2) is 36.9 Å². The summed E-state index contributed by atoms with van der Waals surface area (Å²) >= 11 is 5.99. The predicted molar refractivity (Wildman–Crippen MR) is 84.8 cm³/mol. The summed E-state index contributed by atoms with van der Waals surface area (Å²) in [6.07, 6.45) is 2.51. The lowest BCUT2D eigenvalue weighted by Gasteiger charge is -2.45. The second-order valence-corrected chi connectivity index (χ2v) is 6.69. The number of aromatic nitrogens is 3. The Bertz CT molecular complexity index is 639. The summed E-state index contributed by atoms with van der Waals surface area (Å²) in [5, 5.41) is 16.4. The number of nitrogens with zero attached hydrogens (tertiary/aromatic N) is 3. The van der Waals surface area contributed by atoms with E-state index in [-0.39, 0.29) is 6.54 Å². The van der Waals surface area contributed by atoms with Gasteiger partial charge in [0.2, 0.25) is 0 Å². The molecular weight excluding hydrogens is 318 g/mol. The summed E-state index contributed by atoms with van der Waals surface area (Å²) in [4.78, 5) is 3.95. The fourth-order valence-electron chi connectivity index (χ4n) is 2.91. The van der Waals surface area contributed by atoms with Crippen molar-refractivity contribution in [2.45, 2.75) is 32.3 Å². The highest BCUT2D eigenvalue weighted by Crippen LogP contribution is 2.46. The largest absolute Gasteiger partial charge is 0.382 e. The van der Waals surface area contributed by atoms with Crippen molar-refractivity contribution in [1.29, 1.82) is 0 Å². The van der Waals surface area contributed by atoms with Gasteiger partial charge in [0.1, 0.15) is 18.3 Å². The van der Waals surface area contributed by atoms with Crippen molar-refractivity contribution in [3.63, 3.8) is 0 Å². The Morgan fingerprint density at radius 1 is 1.26 bits per heavy atom. The minimum atomic E-state index is -1.28. The van der Waals surface area contributed by atoms with E-state index >= 15 is 0 Å². The Balaban J connectivity index is 2.03. The van der Waals surface area contributed by atoms with E-state index in [4.69, 9.17) is 21.1 Å². The first-order valence-electron chi connectivity index (χ1n) is 7.47. The van der Waals surface area contributed by atoms with Crippen LogP contribution in [0.3, 0.4) is 0 Å². The lowest BCUT2D eigenvalue weighted by atomic mass is 9.70. The third-order valence-corrected chi connectivity index (χ3v) is 4.71. The van der Waals surface area contributed by atoms with Crippen LogP contribution in [0.2, 0.25) is 5.02 Å². The summed E-state index contributed by atoms with van der Waals surface area (Å²) in [5.41, 5.74) is -1.27. The molecule has 2 heterocycles. The lowest BCUT2D eigenvalue weighted by molar-refractivity contribution is -0.211. The van der Waals surface area contributed by atoms with Crippen LogP contribution in [0.5, 0.6) is 0 Å². The molecule has 6 nitrogen and oxygen atoms in total. The first-order valence-corrected chi connectivity index (χ1v) is 7.85. The number of rotatable bonds is 5. The van der Waals surface area contributed by atoms with Crippen molar-refractivity contribution in [2.75, 3.05) is 13.2 Å². The normalized spacial score (nSPS) is 19.0. The molecule has 1 saturated heterocycles. The molecule has 1 aromatic heterocycles. The number of benzene rings is 1. The van der Waals surface area contributed by atoms with Gasteiger partial charge in [0.25, 0.3) is 0 Å². The standard InChI is InChI=1S/C16H20ClN3O3/c1-15(2,14-22-7-8-23-14)16(21,9-20-11-18-10-19-20)12-3-5-13(17)6-4-12/h3-6,10-11,14,21H,7-9H2,1-2H3. The molecule has 124 valence electrons. The Hall–Kier alpha value is -1.47. The molecule has 0 bridgehead atoms. The first kappa shape index (κ1) is 16.4. The maximum atomic E-state index is 11.6. The van der Waals surface area contributed by atoms with E-state index in [0.717, 1.165) is 5.56 Å². The van der Waals surface area contributed by atoms with Crippen LogP contribution in [0.1, 0.15) is 19.4 Å². The molecule has 0 radical (unpaired) electrons. The highest BCUT2D eigenvalue weighted by atomic mass is 35.5. The molecule has 1 aromatic carbocycles. The molecule has 3 rings (SSSR count). The van der Waals surface area contributed by atoms with E-state index in [9.17, 15) is 5.11 Å². The second-order valence-electron chi connectivity index (χ2n) is 6.26. The second kappa shape index (κ2) is 6.20. The summed E-state index contributed by atoms with van der Waals surface area (Å²) < 4.78 is 13.0. The van der Waals surface area contributed by atoms with Crippen LogP contribution in [0.4, 0.5) is 0 Å². The van der Waals surface area contributed by atoms with Crippen molar-refractivity contribution in [3.05, 3.63) is 47.5 Å². The van der Waals surface area contributed by atoms with Gasteiger partial charge in [-0.2, -0.15) is 5.10 Å². The van der Waals surface area contributed by atoms with Crippen LogP contribution in [0.25, 0.3) is 0 Å². The Labute approximate surface area is 140 Å². The predicted octanol–water partition coefficient (Wildman–Crippen LogP) is 2.22. The quantitative estimate of drug-likeness (QED) is 0.906. The zero-order valence-corrected chi connectivity index (χ0v) is 13.9. The number of hydrogen-bond acceptors (Lipinski definition) is 5. The fraction of sp³-hybridized carbons (Fsp3) is 0.500. The zero-order valence-electron chi connectivity index (χ0n) is 13.1. The summed E-state index contributed by atoms with van der Waals surface area (Å²) in [6.45, 7) is 5.12. The molecule has 1 aliphatic rings. The third kappa shape index (κ3) is 2.99. The van der Waals surface area contributed by atoms with Gasteiger partial charge in [-0.15, -0.1) is 0 Å². The van der Waals surface area contributed by atoms with E-state index < -0.39 is 17.3 Å². The molecule has 0 saturated carbocycles. The highest BCUT2D eigenvalue weighted by molar-refractivity contribution is 6.30. The smallest absolute Gasteiger partial charge is 0.165 e. The van der Waals surface area contributed by atoms with E-state index in [1.807, 2.05) is 26.0 Å². The van der Waals surface area contributed by atoms with Crippen molar-refractivity contribution in [3.8, 4) is 0 Å². The van der Waals surface area contributed by atoms with E-state index in [0.29, 0.717) is 18.2 Å². The molecule has 1 aliphatic heterocycles. The van der Waals surface area contributed by atoms with Gasteiger partial charge in [-0.1, -0.05) is 37.6 Å². The number of aliphatic hydroxyl groups is 1. The SMILES string of the molecule is CC(C)(C1OCCO1)C(O)(Cn1cncn1)c1ccc(Cl)cc1. The van der Waals surface area contributed by atoms with Gasteiger partial charge in [0.15, 0.2) is 6.29 Å². The van der Waals surface area contributed by atoms with Gasteiger partial charge in [0.05, 0.1) is 25.2 Å². The summed E-state index contributed by atoms with van der Waals surface area (Å²) in [5.74, 6) is 0. The Morgan fingerprint density at radius 2 is 1.91 bits per heavy atom. The molecule has 23 heavy (non-hydrogen) atoms. The van der Waals surface area contributed by atoms with Crippen LogP contribution >= 0.6 is 11.6 Å². The maximum absolute atomic E-state index is 11.6. The number of hydrogen-bond donors (Lipinski definition) is 1. The van der Waals surface area contributed by atoms with Gasteiger partial charge < -0.3 is 14.6 Å². The van der Waals surface area contributed by atoms with Crippen LogP contribution in [-0.4, -0.2) is 39.4 Å². The average Bonchev–Trinajstić information content (AvgIpc) is 3.21. The van der Waals surface area contributed by atoms with E-state index in [1.54, 1.807) is 23.1 Å². The Morgan fingerprint density at radius 3 is 2.48 bits per heavy atom. The molecule has 0 amide bonds. The van der Waals surface area contributed by atoms with Crippen LogP contribution < -0.4 is 0 Å². The lowest BCUT2D eigenvalue weighted by Crippen LogP contribution is -2.52. The molecular formula is C16H20ClN3O3. The molecule has 1 atom stereocenters. The molecule has 0 aliphatic carbocycles. The number of halogens is 1. The zero-order chi connectivity index (χ0) is 16.5. The fourth-order valence-corrected chi connectivity index (χ4v) is 3.04. The Kier molecular flexibility index (Phi) is 4.42. The molecule has 1 unspecified atom stereocenters.